The van der Waals surface area contributed by atoms with Crippen molar-refractivity contribution in [2.24, 2.45) is 5.92 Å². The number of benzene rings is 1. The molecule has 0 aliphatic heterocycles. The van der Waals surface area contributed by atoms with E-state index < -0.39 is 0 Å². The highest BCUT2D eigenvalue weighted by Gasteiger charge is 2.17. The van der Waals surface area contributed by atoms with Crippen LogP contribution in [0, 0.1) is 5.92 Å². The van der Waals surface area contributed by atoms with E-state index in [1.807, 2.05) is 32.9 Å². The molecule has 0 heterocycles. The molecule has 0 saturated carbocycles. The molecule has 0 amide bonds. The van der Waals surface area contributed by atoms with E-state index in [-0.39, 0.29) is 18.0 Å². The summed E-state index contributed by atoms with van der Waals surface area (Å²) in [5, 5.41) is 0. The van der Waals surface area contributed by atoms with Gasteiger partial charge in [0.15, 0.2) is 0 Å². The molecule has 0 bridgehead atoms. The molecule has 1 aromatic carbocycles. The number of carbonyl (C=O) groups is 1. The second-order valence-corrected chi connectivity index (χ2v) is 5.55. The van der Waals surface area contributed by atoms with Crippen molar-refractivity contribution in [2.75, 3.05) is 0 Å². The normalized spacial score (nSPS) is 12.8. The van der Waals surface area contributed by atoms with Gasteiger partial charge in [-0.25, -0.2) is 0 Å². The van der Waals surface area contributed by atoms with Crippen LogP contribution in [0.1, 0.15) is 51.7 Å². The second kappa shape index (κ2) is 6.58. The highest BCUT2D eigenvalue weighted by Crippen LogP contribution is 2.19. The van der Waals surface area contributed by atoms with E-state index in [4.69, 9.17) is 4.74 Å². The van der Waals surface area contributed by atoms with Crippen LogP contribution >= 0.6 is 0 Å². The maximum Gasteiger partial charge on any atom is 0.313 e. The summed E-state index contributed by atoms with van der Waals surface area (Å²) in [4.78, 5) is 11.8. The first kappa shape index (κ1) is 14.7. The van der Waals surface area contributed by atoms with E-state index in [9.17, 15) is 4.79 Å². The third-order valence-electron chi connectivity index (χ3n) is 2.83. The highest BCUT2D eigenvalue weighted by molar-refractivity contribution is 5.77. The van der Waals surface area contributed by atoms with Gasteiger partial charge in [-0.15, -0.1) is 0 Å². The van der Waals surface area contributed by atoms with E-state index in [1.165, 1.54) is 5.56 Å². The standard InChI is InChI=1S/C16H24O2/c1-11(2)10-14-6-8-15(9-7-14)13(5)16(17)18-12(3)4/h6-9,11-13H,10H2,1-5H3. The number of carbonyl (C=O) groups excluding carboxylic acids is 1. The van der Waals surface area contributed by atoms with Gasteiger partial charge in [-0.05, 0) is 44.2 Å². The first-order valence-corrected chi connectivity index (χ1v) is 6.69. The van der Waals surface area contributed by atoms with Gasteiger partial charge < -0.3 is 4.74 Å². The molecule has 0 spiro atoms. The van der Waals surface area contributed by atoms with Crippen molar-refractivity contribution in [3.8, 4) is 0 Å². The van der Waals surface area contributed by atoms with Crippen molar-refractivity contribution >= 4 is 5.97 Å². The maximum absolute atomic E-state index is 11.8. The topological polar surface area (TPSA) is 26.3 Å². The molecular weight excluding hydrogens is 224 g/mol. The van der Waals surface area contributed by atoms with Gasteiger partial charge in [0.1, 0.15) is 0 Å². The number of ether oxygens (including phenoxy) is 1. The molecule has 0 radical (unpaired) electrons. The third kappa shape index (κ3) is 4.52. The molecule has 0 aliphatic carbocycles. The molecule has 1 atom stereocenters. The van der Waals surface area contributed by atoms with Crippen molar-refractivity contribution in [1.29, 1.82) is 0 Å². The number of hydrogen-bond acceptors (Lipinski definition) is 2. The molecule has 2 heteroatoms. The SMILES string of the molecule is CC(C)Cc1ccc(C(C)C(=O)OC(C)C)cc1. The number of esters is 1. The first-order valence-electron chi connectivity index (χ1n) is 6.69. The Morgan fingerprint density at radius 2 is 1.61 bits per heavy atom. The van der Waals surface area contributed by atoms with Gasteiger partial charge in [0.2, 0.25) is 0 Å². The van der Waals surface area contributed by atoms with E-state index in [2.05, 4.69) is 26.0 Å². The van der Waals surface area contributed by atoms with Gasteiger partial charge in [0, 0.05) is 0 Å². The Hall–Kier alpha value is -1.31. The van der Waals surface area contributed by atoms with Crippen molar-refractivity contribution in [3.05, 3.63) is 35.4 Å². The Labute approximate surface area is 110 Å². The molecular formula is C16H24O2. The molecule has 1 aromatic rings. The van der Waals surface area contributed by atoms with Gasteiger partial charge in [0.25, 0.3) is 0 Å². The van der Waals surface area contributed by atoms with Crippen LogP contribution in [0.3, 0.4) is 0 Å². The zero-order chi connectivity index (χ0) is 13.7. The summed E-state index contributed by atoms with van der Waals surface area (Å²) >= 11 is 0. The van der Waals surface area contributed by atoms with Crippen LogP contribution in [0.5, 0.6) is 0 Å². The largest absolute Gasteiger partial charge is 0.463 e. The lowest BCUT2D eigenvalue weighted by molar-refractivity contribution is -0.148. The minimum absolute atomic E-state index is 0.0554. The van der Waals surface area contributed by atoms with E-state index in [0.717, 1.165) is 12.0 Å². The molecule has 0 aromatic heterocycles. The molecule has 100 valence electrons. The number of rotatable bonds is 5. The van der Waals surface area contributed by atoms with Crippen LogP contribution in [0.15, 0.2) is 24.3 Å². The van der Waals surface area contributed by atoms with Crippen molar-refractivity contribution in [1.82, 2.24) is 0 Å². The summed E-state index contributed by atoms with van der Waals surface area (Å²) in [5.41, 5.74) is 2.34. The van der Waals surface area contributed by atoms with E-state index in [0.29, 0.717) is 5.92 Å². The Morgan fingerprint density at radius 3 is 2.06 bits per heavy atom. The van der Waals surface area contributed by atoms with Gasteiger partial charge in [-0.2, -0.15) is 0 Å². The molecule has 1 rings (SSSR count). The predicted molar refractivity (Wildman–Crippen MR) is 74.6 cm³/mol. The van der Waals surface area contributed by atoms with Crippen LogP contribution in [-0.4, -0.2) is 12.1 Å². The van der Waals surface area contributed by atoms with Gasteiger partial charge in [-0.1, -0.05) is 38.1 Å². The predicted octanol–water partition coefficient (Wildman–Crippen LogP) is 3.94. The monoisotopic (exact) mass is 248 g/mol. The summed E-state index contributed by atoms with van der Waals surface area (Å²) < 4.78 is 5.22. The van der Waals surface area contributed by atoms with Crippen LogP contribution in [0.2, 0.25) is 0 Å². The average Bonchev–Trinajstić information content (AvgIpc) is 2.27. The van der Waals surface area contributed by atoms with Crippen molar-refractivity contribution < 1.29 is 9.53 Å². The fraction of sp³-hybridized carbons (Fsp3) is 0.562. The zero-order valence-electron chi connectivity index (χ0n) is 12.1. The summed E-state index contributed by atoms with van der Waals surface area (Å²) in [6.07, 6.45) is 1.02. The molecule has 18 heavy (non-hydrogen) atoms. The smallest absolute Gasteiger partial charge is 0.313 e. The quantitative estimate of drug-likeness (QED) is 0.738. The fourth-order valence-electron chi connectivity index (χ4n) is 1.88. The minimum atomic E-state index is -0.194. The molecule has 0 fully saturated rings. The van der Waals surface area contributed by atoms with Crippen molar-refractivity contribution in [2.45, 2.75) is 53.1 Å². The molecule has 0 aliphatic rings. The third-order valence-corrected chi connectivity index (χ3v) is 2.83. The number of hydrogen-bond donors (Lipinski definition) is 0. The van der Waals surface area contributed by atoms with Crippen LogP contribution in [0.25, 0.3) is 0 Å². The lowest BCUT2D eigenvalue weighted by atomic mass is 9.97. The van der Waals surface area contributed by atoms with Crippen LogP contribution < -0.4 is 0 Å². The lowest BCUT2D eigenvalue weighted by Gasteiger charge is -2.14. The summed E-state index contributed by atoms with van der Waals surface area (Å²) in [5.74, 6) is 0.307. The fourth-order valence-corrected chi connectivity index (χ4v) is 1.88. The van der Waals surface area contributed by atoms with Crippen LogP contribution in [0.4, 0.5) is 0 Å². The minimum Gasteiger partial charge on any atom is -0.463 e. The van der Waals surface area contributed by atoms with Crippen molar-refractivity contribution in [3.63, 3.8) is 0 Å². The highest BCUT2D eigenvalue weighted by atomic mass is 16.5. The lowest BCUT2D eigenvalue weighted by Crippen LogP contribution is -2.17. The first-order chi connectivity index (χ1) is 8.40. The second-order valence-electron chi connectivity index (χ2n) is 5.55. The summed E-state index contributed by atoms with van der Waals surface area (Å²) in [6.45, 7) is 10.0. The Bertz CT molecular complexity index is 377. The van der Waals surface area contributed by atoms with Crippen LogP contribution in [-0.2, 0) is 16.0 Å². The molecule has 0 N–H and O–H groups in total. The van der Waals surface area contributed by atoms with Gasteiger partial charge in [0.05, 0.1) is 12.0 Å². The average molecular weight is 248 g/mol. The van der Waals surface area contributed by atoms with E-state index >= 15 is 0 Å². The maximum atomic E-state index is 11.8. The molecule has 1 unspecified atom stereocenters. The zero-order valence-corrected chi connectivity index (χ0v) is 12.1. The Balaban J connectivity index is 2.69. The van der Waals surface area contributed by atoms with E-state index in [1.54, 1.807) is 0 Å². The Kier molecular flexibility index (Phi) is 5.39. The molecule has 0 saturated heterocycles. The Morgan fingerprint density at radius 1 is 1.06 bits per heavy atom. The summed E-state index contributed by atoms with van der Waals surface area (Å²) in [7, 11) is 0. The summed E-state index contributed by atoms with van der Waals surface area (Å²) in [6, 6.07) is 8.27. The van der Waals surface area contributed by atoms with Gasteiger partial charge in [-0.3, -0.25) is 4.79 Å². The molecule has 2 nitrogen and oxygen atoms in total. The van der Waals surface area contributed by atoms with Gasteiger partial charge >= 0.3 is 5.97 Å².